The van der Waals surface area contributed by atoms with Gasteiger partial charge in [0.05, 0.1) is 5.69 Å². The molecule has 0 bridgehead atoms. The summed E-state index contributed by atoms with van der Waals surface area (Å²) in [7, 11) is 0. The highest BCUT2D eigenvalue weighted by molar-refractivity contribution is 6.32. The molecular weight excluding hydrogens is 262 g/mol. The van der Waals surface area contributed by atoms with E-state index in [2.05, 4.69) is 10.3 Å². The maximum atomic E-state index is 12.9. The molecule has 0 saturated heterocycles. The first-order chi connectivity index (χ1) is 8.56. The molecule has 0 unspecified atom stereocenters. The summed E-state index contributed by atoms with van der Waals surface area (Å²) in [6.07, 6.45) is 1.46. The quantitative estimate of drug-likeness (QED) is 0.850. The number of nitrogens with one attached hydrogen (secondary N) is 1. The van der Waals surface area contributed by atoms with Crippen LogP contribution in [0, 0.1) is 11.6 Å². The Hall–Kier alpha value is -2.01. The molecule has 0 spiro atoms. The highest BCUT2D eigenvalue weighted by Crippen LogP contribution is 2.18. The van der Waals surface area contributed by atoms with Gasteiger partial charge in [-0.15, -0.1) is 0 Å². The Morgan fingerprint density at radius 3 is 2.50 bits per heavy atom. The summed E-state index contributed by atoms with van der Waals surface area (Å²) in [6.45, 7) is 0. The Balaban J connectivity index is 2.25. The zero-order valence-corrected chi connectivity index (χ0v) is 9.71. The first kappa shape index (κ1) is 12.4. The van der Waals surface area contributed by atoms with Crippen LogP contribution in [0.2, 0.25) is 5.15 Å². The monoisotopic (exact) mass is 268 g/mol. The van der Waals surface area contributed by atoms with Gasteiger partial charge < -0.3 is 5.32 Å². The van der Waals surface area contributed by atoms with Gasteiger partial charge in [0.25, 0.3) is 5.91 Å². The minimum Gasteiger partial charge on any atom is -0.319 e. The molecule has 1 amide bonds. The van der Waals surface area contributed by atoms with Crippen molar-refractivity contribution in [3.05, 3.63) is 58.9 Å². The number of pyridine rings is 1. The second kappa shape index (κ2) is 5.10. The van der Waals surface area contributed by atoms with Crippen LogP contribution in [0.3, 0.4) is 0 Å². The third-order valence-corrected chi connectivity index (χ3v) is 2.43. The van der Waals surface area contributed by atoms with E-state index in [1.54, 1.807) is 6.07 Å². The van der Waals surface area contributed by atoms with Gasteiger partial charge >= 0.3 is 0 Å². The van der Waals surface area contributed by atoms with Gasteiger partial charge in [0, 0.05) is 17.8 Å². The number of aromatic nitrogens is 1. The molecular formula is C12H7ClF2N2O. The Morgan fingerprint density at radius 2 is 1.89 bits per heavy atom. The minimum atomic E-state index is -0.822. The van der Waals surface area contributed by atoms with Crippen LogP contribution in [-0.4, -0.2) is 10.9 Å². The van der Waals surface area contributed by atoms with Crippen molar-refractivity contribution in [2.45, 2.75) is 0 Å². The van der Waals surface area contributed by atoms with Crippen molar-refractivity contribution >= 4 is 23.2 Å². The highest BCUT2D eigenvalue weighted by atomic mass is 35.5. The number of halogens is 3. The molecule has 0 saturated carbocycles. The van der Waals surface area contributed by atoms with Crippen molar-refractivity contribution < 1.29 is 13.6 Å². The number of anilines is 1. The van der Waals surface area contributed by atoms with Crippen molar-refractivity contribution in [3.63, 3.8) is 0 Å². The third-order valence-electron chi connectivity index (χ3n) is 2.13. The Morgan fingerprint density at radius 1 is 1.22 bits per heavy atom. The molecule has 2 aromatic rings. The summed E-state index contributed by atoms with van der Waals surface area (Å²) in [5, 5.41) is 2.51. The molecule has 1 aromatic carbocycles. The van der Waals surface area contributed by atoms with Gasteiger partial charge in [-0.2, -0.15) is 0 Å². The van der Waals surface area contributed by atoms with Crippen LogP contribution in [0.1, 0.15) is 10.4 Å². The predicted octanol–water partition coefficient (Wildman–Crippen LogP) is 3.27. The van der Waals surface area contributed by atoms with Gasteiger partial charge in [-0.25, -0.2) is 13.8 Å². The zero-order valence-electron chi connectivity index (χ0n) is 8.95. The van der Waals surface area contributed by atoms with Gasteiger partial charge in [-0.3, -0.25) is 4.79 Å². The second-order valence-electron chi connectivity index (χ2n) is 3.45. The maximum Gasteiger partial charge on any atom is 0.255 e. The largest absolute Gasteiger partial charge is 0.319 e. The lowest BCUT2D eigenvalue weighted by Gasteiger charge is -2.06. The number of carbonyl (C=O) groups is 1. The number of amides is 1. The second-order valence-corrected chi connectivity index (χ2v) is 3.81. The number of hydrogen-bond acceptors (Lipinski definition) is 2. The molecule has 1 N–H and O–H groups in total. The van der Waals surface area contributed by atoms with Crippen LogP contribution in [-0.2, 0) is 0 Å². The van der Waals surface area contributed by atoms with Crippen LogP contribution in [0.4, 0.5) is 14.5 Å². The molecule has 0 radical (unpaired) electrons. The van der Waals surface area contributed by atoms with Crippen LogP contribution in [0.15, 0.2) is 36.5 Å². The van der Waals surface area contributed by atoms with E-state index in [0.717, 1.165) is 12.1 Å². The fourth-order valence-electron chi connectivity index (χ4n) is 1.36. The summed E-state index contributed by atoms with van der Waals surface area (Å²) in [6, 6.07) is 5.66. The van der Waals surface area contributed by atoms with E-state index >= 15 is 0 Å². The number of nitrogens with zero attached hydrogens (tertiary/aromatic N) is 1. The molecule has 92 valence electrons. The van der Waals surface area contributed by atoms with Crippen molar-refractivity contribution in [3.8, 4) is 0 Å². The van der Waals surface area contributed by atoms with Crippen molar-refractivity contribution in [1.29, 1.82) is 0 Å². The molecule has 0 aliphatic carbocycles. The number of benzene rings is 1. The Labute approximate surface area is 106 Å². The van der Waals surface area contributed by atoms with E-state index in [0.29, 0.717) is 6.07 Å². The van der Waals surface area contributed by atoms with Crippen molar-refractivity contribution in [2.75, 3.05) is 5.32 Å². The average molecular weight is 269 g/mol. The standard InChI is InChI=1S/C12H7ClF2N2O/c13-11-10(2-1-3-16-11)17-12(18)7-4-8(14)6-9(15)5-7/h1-6H,(H,17,18). The SMILES string of the molecule is O=C(Nc1cccnc1Cl)c1cc(F)cc(F)c1. The molecule has 0 aliphatic rings. The predicted molar refractivity (Wildman–Crippen MR) is 63.6 cm³/mol. The van der Waals surface area contributed by atoms with E-state index < -0.39 is 17.5 Å². The van der Waals surface area contributed by atoms with Crippen molar-refractivity contribution in [1.82, 2.24) is 4.98 Å². The lowest BCUT2D eigenvalue weighted by atomic mass is 10.2. The highest BCUT2D eigenvalue weighted by Gasteiger charge is 2.11. The van der Waals surface area contributed by atoms with Crippen LogP contribution in [0.5, 0.6) is 0 Å². The molecule has 2 rings (SSSR count). The fraction of sp³-hybridized carbons (Fsp3) is 0. The third kappa shape index (κ3) is 2.81. The first-order valence-corrected chi connectivity index (χ1v) is 5.32. The Kier molecular flexibility index (Phi) is 3.53. The van der Waals surface area contributed by atoms with Crippen molar-refractivity contribution in [2.24, 2.45) is 0 Å². The molecule has 0 aliphatic heterocycles. The topological polar surface area (TPSA) is 42.0 Å². The molecule has 1 heterocycles. The van der Waals surface area contributed by atoms with E-state index in [-0.39, 0.29) is 16.4 Å². The molecule has 6 heteroatoms. The summed E-state index contributed by atoms with van der Waals surface area (Å²) in [4.78, 5) is 15.5. The summed E-state index contributed by atoms with van der Waals surface area (Å²) in [5.74, 6) is -2.31. The van der Waals surface area contributed by atoms with Gasteiger partial charge in [-0.1, -0.05) is 11.6 Å². The van der Waals surface area contributed by atoms with Crippen LogP contribution < -0.4 is 5.32 Å². The normalized spacial score (nSPS) is 10.2. The van der Waals surface area contributed by atoms with E-state index in [4.69, 9.17) is 11.6 Å². The molecule has 3 nitrogen and oxygen atoms in total. The summed E-state index contributed by atoms with van der Waals surface area (Å²) >= 11 is 5.74. The van der Waals surface area contributed by atoms with Gasteiger partial charge in [0.2, 0.25) is 0 Å². The number of rotatable bonds is 2. The van der Waals surface area contributed by atoms with E-state index in [1.807, 2.05) is 0 Å². The van der Waals surface area contributed by atoms with Crippen LogP contribution in [0.25, 0.3) is 0 Å². The number of carbonyl (C=O) groups excluding carboxylic acids is 1. The minimum absolute atomic E-state index is 0.0997. The molecule has 0 fully saturated rings. The number of hydrogen-bond donors (Lipinski definition) is 1. The smallest absolute Gasteiger partial charge is 0.255 e. The van der Waals surface area contributed by atoms with Gasteiger partial charge in [0.1, 0.15) is 11.6 Å². The maximum absolute atomic E-state index is 12.9. The summed E-state index contributed by atoms with van der Waals surface area (Å²) < 4.78 is 25.9. The fourth-order valence-corrected chi connectivity index (χ4v) is 1.53. The molecule has 1 aromatic heterocycles. The average Bonchev–Trinajstić information content (AvgIpc) is 2.31. The molecule has 18 heavy (non-hydrogen) atoms. The first-order valence-electron chi connectivity index (χ1n) is 4.94. The van der Waals surface area contributed by atoms with E-state index in [1.165, 1.54) is 12.3 Å². The van der Waals surface area contributed by atoms with Gasteiger partial charge in [-0.05, 0) is 24.3 Å². The van der Waals surface area contributed by atoms with Crippen LogP contribution >= 0.6 is 11.6 Å². The summed E-state index contributed by atoms with van der Waals surface area (Å²) in [5.41, 5.74) is 0.140. The van der Waals surface area contributed by atoms with Gasteiger partial charge in [0.15, 0.2) is 5.15 Å². The molecule has 0 atom stereocenters. The zero-order chi connectivity index (χ0) is 13.1. The lowest BCUT2D eigenvalue weighted by Crippen LogP contribution is -2.13. The Bertz CT molecular complexity index is 584. The van der Waals surface area contributed by atoms with E-state index in [9.17, 15) is 13.6 Å². The lowest BCUT2D eigenvalue weighted by molar-refractivity contribution is 0.102.